The van der Waals surface area contributed by atoms with Gasteiger partial charge in [0.25, 0.3) is 5.56 Å². The molecule has 0 saturated heterocycles. The van der Waals surface area contributed by atoms with Gasteiger partial charge in [-0.25, -0.2) is 4.79 Å². The first-order valence-electron chi connectivity index (χ1n) is 6.31. The molecule has 1 aromatic rings. The molecule has 94 valence electrons. The van der Waals surface area contributed by atoms with E-state index < -0.39 is 5.69 Å². The zero-order chi connectivity index (χ0) is 12.3. The molecule has 2 rings (SSSR count). The van der Waals surface area contributed by atoms with Crippen LogP contribution in [-0.4, -0.2) is 22.6 Å². The van der Waals surface area contributed by atoms with E-state index in [1.165, 1.54) is 25.3 Å². The monoisotopic (exact) mass is 237 g/mol. The number of nitrogens with zero attached hydrogens (tertiary/aromatic N) is 1. The SMILES string of the molecule is CCN(c1cc(=O)[nH]c(=O)[nH]1)C1CCCCC1. The van der Waals surface area contributed by atoms with Crippen LogP contribution in [0.25, 0.3) is 0 Å². The number of hydrogen-bond donors (Lipinski definition) is 2. The van der Waals surface area contributed by atoms with Crippen molar-refractivity contribution in [1.29, 1.82) is 0 Å². The van der Waals surface area contributed by atoms with Crippen molar-refractivity contribution in [3.63, 3.8) is 0 Å². The second-order valence-electron chi connectivity index (χ2n) is 4.55. The fraction of sp³-hybridized carbons (Fsp3) is 0.667. The third-order valence-electron chi connectivity index (χ3n) is 3.41. The first kappa shape index (κ1) is 12.0. The fourth-order valence-corrected chi connectivity index (χ4v) is 2.63. The minimum atomic E-state index is -0.429. The molecule has 1 aliphatic rings. The fourth-order valence-electron chi connectivity index (χ4n) is 2.63. The van der Waals surface area contributed by atoms with Gasteiger partial charge in [-0.05, 0) is 19.8 Å². The lowest BCUT2D eigenvalue weighted by molar-refractivity contribution is 0.416. The number of hydrogen-bond acceptors (Lipinski definition) is 3. The lowest BCUT2D eigenvalue weighted by atomic mass is 9.94. The van der Waals surface area contributed by atoms with E-state index in [1.54, 1.807) is 0 Å². The Morgan fingerprint density at radius 3 is 2.53 bits per heavy atom. The highest BCUT2D eigenvalue weighted by Gasteiger charge is 2.20. The van der Waals surface area contributed by atoms with E-state index in [2.05, 4.69) is 14.9 Å². The first-order valence-corrected chi connectivity index (χ1v) is 6.31. The van der Waals surface area contributed by atoms with Crippen molar-refractivity contribution in [1.82, 2.24) is 9.97 Å². The van der Waals surface area contributed by atoms with Crippen LogP contribution in [0.2, 0.25) is 0 Å². The minimum absolute atomic E-state index is 0.335. The number of aromatic amines is 2. The largest absolute Gasteiger partial charge is 0.355 e. The van der Waals surface area contributed by atoms with Crippen molar-refractivity contribution >= 4 is 5.82 Å². The van der Waals surface area contributed by atoms with Gasteiger partial charge in [-0.1, -0.05) is 19.3 Å². The second kappa shape index (κ2) is 5.21. The molecule has 1 saturated carbocycles. The zero-order valence-corrected chi connectivity index (χ0v) is 10.2. The van der Waals surface area contributed by atoms with Crippen LogP contribution in [0, 0.1) is 0 Å². The normalized spacial score (nSPS) is 17.0. The first-order chi connectivity index (χ1) is 8.20. The van der Waals surface area contributed by atoms with Crippen LogP contribution >= 0.6 is 0 Å². The van der Waals surface area contributed by atoms with Gasteiger partial charge in [0.15, 0.2) is 0 Å². The Morgan fingerprint density at radius 2 is 1.94 bits per heavy atom. The summed E-state index contributed by atoms with van der Waals surface area (Å²) in [5.74, 6) is 0.646. The Labute approximate surface area is 99.9 Å². The molecule has 0 aromatic carbocycles. The lowest BCUT2D eigenvalue weighted by Gasteiger charge is -2.34. The number of anilines is 1. The minimum Gasteiger partial charge on any atom is -0.355 e. The molecular formula is C12H19N3O2. The molecule has 1 aromatic heterocycles. The molecule has 17 heavy (non-hydrogen) atoms. The van der Waals surface area contributed by atoms with E-state index in [0.29, 0.717) is 11.9 Å². The van der Waals surface area contributed by atoms with Crippen LogP contribution in [0.1, 0.15) is 39.0 Å². The van der Waals surface area contributed by atoms with Crippen LogP contribution in [0.3, 0.4) is 0 Å². The second-order valence-corrected chi connectivity index (χ2v) is 4.55. The standard InChI is InChI=1S/C12H19N3O2/c1-2-15(9-6-4-3-5-7-9)10-8-11(16)14-12(17)13-10/h8-9H,2-7H2,1H3,(H2,13,14,16,17). The molecule has 0 spiro atoms. The Kier molecular flexibility index (Phi) is 3.66. The summed E-state index contributed by atoms with van der Waals surface area (Å²) < 4.78 is 0. The predicted octanol–water partition coefficient (Wildman–Crippen LogP) is 1.22. The summed E-state index contributed by atoms with van der Waals surface area (Å²) in [7, 11) is 0. The third-order valence-corrected chi connectivity index (χ3v) is 3.41. The van der Waals surface area contributed by atoms with Crippen LogP contribution < -0.4 is 16.1 Å². The summed E-state index contributed by atoms with van der Waals surface area (Å²) >= 11 is 0. The van der Waals surface area contributed by atoms with Gasteiger partial charge in [0.1, 0.15) is 5.82 Å². The van der Waals surface area contributed by atoms with Crippen LogP contribution in [0.15, 0.2) is 15.7 Å². The van der Waals surface area contributed by atoms with Gasteiger partial charge in [0.05, 0.1) is 0 Å². The summed E-state index contributed by atoms with van der Waals surface area (Å²) in [4.78, 5) is 29.6. The van der Waals surface area contributed by atoms with Crippen molar-refractivity contribution in [2.45, 2.75) is 45.1 Å². The molecule has 1 heterocycles. The summed E-state index contributed by atoms with van der Waals surface area (Å²) in [5, 5.41) is 0. The van der Waals surface area contributed by atoms with E-state index in [4.69, 9.17) is 0 Å². The van der Waals surface area contributed by atoms with Crippen molar-refractivity contribution < 1.29 is 0 Å². The van der Waals surface area contributed by atoms with Crippen LogP contribution in [0.4, 0.5) is 5.82 Å². The summed E-state index contributed by atoms with van der Waals surface area (Å²) in [6.45, 7) is 2.86. The van der Waals surface area contributed by atoms with Gasteiger partial charge in [0.2, 0.25) is 0 Å². The zero-order valence-electron chi connectivity index (χ0n) is 10.2. The molecule has 1 aliphatic carbocycles. The maximum atomic E-state index is 11.3. The summed E-state index contributed by atoms with van der Waals surface area (Å²) in [6.07, 6.45) is 6.04. The molecule has 0 radical (unpaired) electrons. The maximum absolute atomic E-state index is 11.3. The van der Waals surface area contributed by atoms with Crippen molar-refractivity contribution in [2.24, 2.45) is 0 Å². The highest BCUT2D eigenvalue weighted by atomic mass is 16.2. The molecule has 1 fully saturated rings. The molecule has 0 atom stereocenters. The van der Waals surface area contributed by atoms with E-state index >= 15 is 0 Å². The third kappa shape index (κ3) is 2.78. The average molecular weight is 237 g/mol. The Hall–Kier alpha value is -1.52. The van der Waals surface area contributed by atoms with Gasteiger partial charge in [-0.15, -0.1) is 0 Å². The summed E-state index contributed by atoms with van der Waals surface area (Å²) in [5.41, 5.74) is -0.764. The number of H-pyrrole nitrogens is 2. The van der Waals surface area contributed by atoms with Crippen molar-refractivity contribution in [3.05, 3.63) is 26.9 Å². The Bertz CT molecular complexity index is 443. The van der Waals surface area contributed by atoms with Gasteiger partial charge >= 0.3 is 5.69 Å². The van der Waals surface area contributed by atoms with Crippen LogP contribution in [-0.2, 0) is 0 Å². The topological polar surface area (TPSA) is 69.0 Å². The van der Waals surface area contributed by atoms with Gasteiger partial charge < -0.3 is 4.90 Å². The van der Waals surface area contributed by atoms with Crippen molar-refractivity contribution in [2.75, 3.05) is 11.4 Å². The molecule has 5 nitrogen and oxygen atoms in total. The molecule has 5 heteroatoms. The van der Waals surface area contributed by atoms with Gasteiger partial charge in [-0.3, -0.25) is 14.8 Å². The van der Waals surface area contributed by atoms with Crippen molar-refractivity contribution in [3.8, 4) is 0 Å². The molecule has 0 amide bonds. The van der Waals surface area contributed by atoms with Gasteiger partial charge in [0, 0.05) is 18.7 Å². The number of aromatic nitrogens is 2. The summed E-state index contributed by atoms with van der Waals surface area (Å²) in [6, 6.07) is 1.92. The smallest absolute Gasteiger partial charge is 0.327 e. The highest BCUT2D eigenvalue weighted by Crippen LogP contribution is 2.24. The quantitative estimate of drug-likeness (QED) is 0.830. The highest BCUT2D eigenvalue weighted by molar-refractivity contribution is 5.37. The molecule has 2 N–H and O–H groups in total. The van der Waals surface area contributed by atoms with Crippen LogP contribution in [0.5, 0.6) is 0 Å². The number of nitrogens with one attached hydrogen (secondary N) is 2. The Morgan fingerprint density at radius 1 is 1.24 bits per heavy atom. The van der Waals surface area contributed by atoms with Gasteiger partial charge in [-0.2, -0.15) is 0 Å². The lowest BCUT2D eigenvalue weighted by Crippen LogP contribution is -2.39. The van der Waals surface area contributed by atoms with E-state index in [0.717, 1.165) is 19.4 Å². The molecular weight excluding hydrogens is 218 g/mol. The molecule has 0 aliphatic heterocycles. The molecule has 0 unspecified atom stereocenters. The Balaban J connectivity index is 2.27. The molecule has 0 bridgehead atoms. The van der Waals surface area contributed by atoms with E-state index in [1.807, 2.05) is 6.92 Å². The number of rotatable bonds is 3. The van der Waals surface area contributed by atoms with E-state index in [9.17, 15) is 9.59 Å². The van der Waals surface area contributed by atoms with E-state index in [-0.39, 0.29) is 5.56 Å². The maximum Gasteiger partial charge on any atom is 0.327 e. The predicted molar refractivity (Wildman–Crippen MR) is 67.6 cm³/mol. The average Bonchev–Trinajstić information content (AvgIpc) is 2.30.